The van der Waals surface area contributed by atoms with E-state index in [2.05, 4.69) is 10.1 Å². The molecule has 1 saturated heterocycles. The Hall–Kier alpha value is -3.15. The molecule has 2 heterocycles. The van der Waals surface area contributed by atoms with Gasteiger partial charge in [-0.2, -0.15) is 4.98 Å². The Bertz CT molecular complexity index is 982. The van der Waals surface area contributed by atoms with Gasteiger partial charge >= 0.3 is 0 Å². The predicted octanol–water partition coefficient (Wildman–Crippen LogP) is 3.96. The van der Waals surface area contributed by atoms with E-state index in [1.165, 1.54) is 0 Å². The standard InChI is InChI=1S/C22H23N3O3/c1-15-6-3-8-17(12-15)21-23-22(28-24-21)19-10-5-11-25(19)20(26)14-16-7-4-9-18(13-16)27-2/h3-4,6-9,12-13,19H,5,10-11,14H2,1-2H3. The number of amides is 1. The first kappa shape index (κ1) is 18.2. The maximum atomic E-state index is 12.9. The van der Waals surface area contributed by atoms with E-state index in [0.29, 0.717) is 24.7 Å². The summed E-state index contributed by atoms with van der Waals surface area (Å²) in [5.41, 5.74) is 2.99. The minimum atomic E-state index is -0.163. The topological polar surface area (TPSA) is 68.5 Å². The molecule has 1 unspecified atom stereocenters. The molecule has 0 N–H and O–H groups in total. The molecule has 0 saturated carbocycles. The van der Waals surface area contributed by atoms with Crippen molar-refractivity contribution >= 4 is 5.91 Å². The molecule has 0 spiro atoms. The van der Waals surface area contributed by atoms with Crippen LogP contribution in [0.4, 0.5) is 0 Å². The fraction of sp³-hybridized carbons (Fsp3) is 0.318. The molecule has 4 rings (SSSR count). The Kier molecular flexibility index (Phi) is 5.10. The molecule has 1 atom stereocenters. The number of nitrogens with zero attached hydrogens (tertiary/aromatic N) is 3. The number of likely N-dealkylation sites (tertiary alicyclic amines) is 1. The molecule has 0 aliphatic carbocycles. The van der Waals surface area contributed by atoms with Gasteiger partial charge in [-0.25, -0.2) is 0 Å². The minimum Gasteiger partial charge on any atom is -0.497 e. The average Bonchev–Trinajstić information content (AvgIpc) is 3.37. The second-order valence-corrected chi connectivity index (χ2v) is 7.10. The molecule has 1 aliphatic rings. The number of aryl methyl sites for hydroxylation is 1. The highest BCUT2D eigenvalue weighted by atomic mass is 16.5. The summed E-state index contributed by atoms with van der Waals surface area (Å²) in [7, 11) is 1.62. The molecule has 1 aromatic heterocycles. The number of aromatic nitrogens is 2. The zero-order valence-corrected chi connectivity index (χ0v) is 16.1. The highest BCUT2D eigenvalue weighted by Gasteiger charge is 2.34. The Labute approximate surface area is 164 Å². The lowest BCUT2D eigenvalue weighted by Gasteiger charge is -2.22. The van der Waals surface area contributed by atoms with Crippen LogP contribution in [0.3, 0.4) is 0 Å². The van der Waals surface area contributed by atoms with E-state index in [4.69, 9.17) is 9.26 Å². The molecule has 1 aliphatic heterocycles. The average molecular weight is 377 g/mol. The predicted molar refractivity (Wildman–Crippen MR) is 105 cm³/mol. The first-order valence-electron chi connectivity index (χ1n) is 9.47. The number of carbonyl (C=O) groups excluding carboxylic acids is 1. The molecule has 2 aromatic carbocycles. The third kappa shape index (κ3) is 3.76. The molecule has 6 heteroatoms. The fourth-order valence-electron chi connectivity index (χ4n) is 3.65. The maximum absolute atomic E-state index is 12.9. The van der Waals surface area contributed by atoms with Gasteiger partial charge in [0.2, 0.25) is 17.6 Å². The monoisotopic (exact) mass is 377 g/mol. The number of methoxy groups -OCH3 is 1. The van der Waals surface area contributed by atoms with Gasteiger partial charge in [0.15, 0.2) is 0 Å². The van der Waals surface area contributed by atoms with Crippen LogP contribution in [-0.2, 0) is 11.2 Å². The Morgan fingerprint density at radius 2 is 2.11 bits per heavy atom. The van der Waals surface area contributed by atoms with Gasteiger partial charge in [0, 0.05) is 12.1 Å². The highest BCUT2D eigenvalue weighted by Crippen LogP contribution is 2.32. The molecule has 0 bridgehead atoms. The van der Waals surface area contributed by atoms with Crippen LogP contribution in [0.1, 0.15) is 35.9 Å². The third-order valence-electron chi connectivity index (χ3n) is 5.07. The molecule has 0 radical (unpaired) electrons. The van der Waals surface area contributed by atoms with Crippen LogP contribution >= 0.6 is 0 Å². The van der Waals surface area contributed by atoms with E-state index in [1.807, 2.05) is 60.4 Å². The summed E-state index contributed by atoms with van der Waals surface area (Å²) in [4.78, 5) is 19.3. The Morgan fingerprint density at radius 1 is 1.25 bits per heavy atom. The zero-order chi connectivity index (χ0) is 19.5. The number of carbonyl (C=O) groups is 1. The quantitative estimate of drug-likeness (QED) is 0.673. The summed E-state index contributed by atoms with van der Waals surface area (Å²) in [5, 5.41) is 4.13. The number of ether oxygens (including phenoxy) is 1. The summed E-state index contributed by atoms with van der Waals surface area (Å²) in [6, 6.07) is 15.4. The van der Waals surface area contributed by atoms with Crippen molar-refractivity contribution in [2.45, 2.75) is 32.2 Å². The van der Waals surface area contributed by atoms with Crippen LogP contribution in [0, 0.1) is 6.92 Å². The van der Waals surface area contributed by atoms with Crippen molar-refractivity contribution in [3.63, 3.8) is 0 Å². The van der Waals surface area contributed by atoms with E-state index < -0.39 is 0 Å². The number of hydrogen-bond acceptors (Lipinski definition) is 5. The van der Waals surface area contributed by atoms with Gasteiger partial charge in [0.25, 0.3) is 0 Å². The van der Waals surface area contributed by atoms with Crippen LogP contribution in [0.5, 0.6) is 5.75 Å². The van der Waals surface area contributed by atoms with Crippen molar-refractivity contribution in [1.82, 2.24) is 15.0 Å². The summed E-state index contributed by atoms with van der Waals surface area (Å²) >= 11 is 0. The molecule has 28 heavy (non-hydrogen) atoms. The van der Waals surface area contributed by atoms with Crippen LogP contribution in [-0.4, -0.2) is 34.6 Å². The van der Waals surface area contributed by atoms with Crippen molar-refractivity contribution in [3.05, 3.63) is 65.5 Å². The van der Waals surface area contributed by atoms with Crippen LogP contribution in [0.25, 0.3) is 11.4 Å². The molecule has 1 amide bonds. The normalized spacial score (nSPS) is 16.4. The first-order valence-corrected chi connectivity index (χ1v) is 9.47. The fourth-order valence-corrected chi connectivity index (χ4v) is 3.65. The van der Waals surface area contributed by atoms with E-state index in [1.54, 1.807) is 7.11 Å². The molecule has 144 valence electrons. The highest BCUT2D eigenvalue weighted by molar-refractivity contribution is 5.79. The van der Waals surface area contributed by atoms with Crippen molar-refractivity contribution < 1.29 is 14.1 Å². The lowest BCUT2D eigenvalue weighted by molar-refractivity contribution is -0.131. The van der Waals surface area contributed by atoms with E-state index in [0.717, 1.165) is 35.3 Å². The van der Waals surface area contributed by atoms with Crippen LogP contribution < -0.4 is 4.74 Å². The van der Waals surface area contributed by atoms with Gasteiger partial charge in [-0.3, -0.25) is 4.79 Å². The summed E-state index contributed by atoms with van der Waals surface area (Å²) in [6.45, 7) is 2.73. The van der Waals surface area contributed by atoms with Gasteiger partial charge in [-0.1, -0.05) is 41.1 Å². The van der Waals surface area contributed by atoms with E-state index >= 15 is 0 Å². The lowest BCUT2D eigenvalue weighted by atomic mass is 10.1. The molecule has 1 fully saturated rings. The second-order valence-electron chi connectivity index (χ2n) is 7.10. The van der Waals surface area contributed by atoms with Gasteiger partial charge in [-0.05, 0) is 43.5 Å². The van der Waals surface area contributed by atoms with Crippen LogP contribution in [0.15, 0.2) is 53.1 Å². The Morgan fingerprint density at radius 3 is 2.93 bits per heavy atom. The molecule has 3 aromatic rings. The second kappa shape index (κ2) is 7.84. The van der Waals surface area contributed by atoms with Gasteiger partial charge < -0.3 is 14.2 Å². The van der Waals surface area contributed by atoms with Crippen LogP contribution in [0.2, 0.25) is 0 Å². The van der Waals surface area contributed by atoms with Gasteiger partial charge in [0.1, 0.15) is 11.8 Å². The largest absolute Gasteiger partial charge is 0.497 e. The van der Waals surface area contributed by atoms with Crippen molar-refractivity contribution in [2.75, 3.05) is 13.7 Å². The third-order valence-corrected chi connectivity index (χ3v) is 5.07. The lowest BCUT2D eigenvalue weighted by Crippen LogP contribution is -2.32. The smallest absolute Gasteiger partial charge is 0.249 e. The summed E-state index contributed by atoms with van der Waals surface area (Å²) < 4.78 is 10.8. The number of rotatable bonds is 5. The molecular weight excluding hydrogens is 354 g/mol. The van der Waals surface area contributed by atoms with Crippen molar-refractivity contribution in [3.8, 4) is 17.1 Å². The van der Waals surface area contributed by atoms with E-state index in [-0.39, 0.29) is 11.9 Å². The van der Waals surface area contributed by atoms with Crippen molar-refractivity contribution in [2.24, 2.45) is 0 Å². The number of hydrogen-bond donors (Lipinski definition) is 0. The molecule has 6 nitrogen and oxygen atoms in total. The van der Waals surface area contributed by atoms with Crippen molar-refractivity contribution in [1.29, 1.82) is 0 Å². The number of benzene rings is 2. The van der Waals surface area contributed by atoms with E-state index in [9.17, 15) is 4.79 Å². The molecular formula is C22H23N3O3. The maximum Gasteiger partial charge on any atom is 0.249 e. The minimum absolute atomic E-state index is 0.0612. The first-order chi connectivity index (χ1) is 13.6. The summed E-state index contributed by atoms with van der Waals surface area (Å²) in [5.74, 6) is 1.88. The Balaban J connectivity index is 1.51. The van der Waals surface area contributed by atoms with Gasteiger partial charge in [-0.15, -0.1) is 0 Å². The zero-order valence-electron chi connectivity index (χ0n) is 16.1. The summed E-state index contributed by atoms with van der Waals surface area (Å²) in [6.07, 6.45) is 2.09. The van der Waals surface area contributed by atoms with Gasteiger partial charge in [0.05, 0.1) is 13.5 Å². The SMILES string of the molecule is COc1cccc(CC(=O)N2CCCC2c2nc(-c3cccc(C)c3)no2)c1.